The molecule has 0 aromatic heterocycles. The zero-order chi connectivity index (χ0) is 16.7. The number of piperidine rings is 1. The smallest absolute Gasteiger partial charge is 0.0203 e. The Bertz CT molecular complexity index is 346. The van der Waals surface area contributed by atoms with Gasteiger partial charge in [0, 0.05) is 55.4 Å². The van der Waals surface area contributed by atoms with E-state index in [1.165, 1.54) is 39.0 Å². The van der Waals surface area contributed by atoms with Crippen LogP contribution in [0.2, 0.25) is 0 Å². The molecule has 0 spiro atoms. The van der Waals surface area contributed by atoms with Crippen molar-refractivity contribution < 1.29 is 0 Å². The first-order valence-corrected chi connectivity index (χ1v) is 9.27. The van der Waals surface area contributed by atoms with E-state index in [0.29, 0.717) is 17.6 Å². The minimum atomic E-state index is 0.278. The molecule has 0 aromatic carbocycles. The molecule has 0 bridgehead atoms. The van der Waals surface area contributed by atoms with Gasteiger partial charge in [0.2, 0.25) is 0 Å². The lowest BCUT2D eigenvalue weighted by molar-refractivity contribution is -0.0486. The Labute approximate surface area is 139 Å². The fraction of sp³-hybridized carbons (Fsp3) is 1.00. The van der Waals surface area contributed by atoms with Gasteiger partial charge in [-0.15, -0.1) is 0 Å². The van der Waals surface area contributed by atoms with E-state index in [9.17, 15) is 0 Å². The molecule has 0 N–H and O–H groups in total. The van der Waals surface area contributed by atoms with Crippen LogP contribution in [0.25, 0.3) is 0 Å². The average Bonchev–Trinajstić information content (AvgIpc) is 2.35. The molecule has 2 saturated heterocycles. The molecular formula is C19H39N3. The monoisotopic (exact) mass is 309 g/mol. The van der Waals surface area contributed by atoms with E-state index < -0.39 is 0 Å². The minimum Gasteiger partial charge on any atom is -0.298 e. The molecule has 2 rings (SSSR count). The number of piperazine rings is 1. The largest absolute Gasteiger partial charge is 0.298 e. The molecule has 2 fully saturated rings. The normalized spacial score (nSPS) is 31.6. The highest BCUT2D eigenvalue weighted by Gasteiger charge is 2.39. The maximum atomic E-state index is 2.79. The van der Waals surface area contributed by atoms with Gasteiger partial charge in [0.25, 0.3) is 0 Å². The Morgan fingerprint density at radius 3 is 1.55 bits per heavy atom. The van der Waals surface area contributed by atoms with Crippen LogP contribution in [-0.2, 0) is 0 Å². The van der Waals surface area contributed by atoms with Crippen LogP contribution < -0.4 is 0 Å². The second-order valence-corrected chi connectivity index (χ2v) is 9.62. The summed E-state index contributed by atoms with van der Waals surface area (Å²) in [7, 11) is 0. The molecule has 130 valence electrons. The van der Waals surface area contributed by atoms with Crippen molar-refractivity contribution in [2.45, 2.75) is 97.4 Å². The van der Waals surface area contributed by atoms with E-state index >= 15 is 0 Å². The van der Waals surface area contributed by atoms with Crippen LogP contribution in [0.15, 0.2) is 0 Å². The maximum absolute atomic E-state index is 2.79. The van der Waals surface area contributed by atoms with Gasteiger partial charge in [0.15, 0.2) is 0 Å². The second kappa shape index (κ2) is 6.41. The lowest BCUT2D eigenvalue weighted by atomic mass is 9.93. The molecule has 3 heteroatoms. The van der Waals surface area contributed by atoms with E-state index in [1.807, 2.05) is 0 Å². The number of hydrogen-bond acceptors (Lipinski definition) is 3. The molecule has 2 aliphatic heterocycles. The topological polar surface area (TPSA) is 9.72 Å². The van der Waals surface area contributed by atoms with Crippen LogP contribution in [0.4, 0.5) is 0 Å². The minimum absolute atomic E-state index is 0.278. The summed E-state index contributed by atoms with van der Waals surface area (Å²) in [4.78, 5) is 8.16. The zero-order valence-electron chi connectivity index (χ0n) is 16.3. The molecule has 22 heavy (non-hydrogen) atoms. The quantitative estimate of drug-likeness (QED) is 0.734. The zero-order valence-corrected chi connectivity index (χ0v) is 16.3. The van der Waals surface area contributed by atoms with Crippen LogP contribution in [0.1, 0.15) is 68.2 Å². The Morgan fingerprint density at radius 2 is 1.18 bits per heavy atom. The van der Waals surface area contributed by atoms with Crippen molar-refractivity contribution in [2.24, 2.45) is 0 Å². The Morgan fingerprint density at radius 1 is 0.727 bits per heavy atom. The van der Waals surface area contributed by atoms with Crippen LogP contribution in [-0.4, -0.2) is 70.1 Å². The molecular weight excluding hydrogens is 270 g/mol. The van der Waals surface area contributed by atoms with Gasteiger partial charge < -0.3 is 0 Å². The molecule has 2 aliphatic rings. The van der Waals surface area contributed by atoms with Gasteiger partial charge >= 0.3 is 0 Å². The van der Waals surface area contributed by atoms with Crippen molar-refractivity contribution in [3.8, 4) is 0 Å². The van der Waals surface area contributed by atoms with E-state index in [0.717, 1.165) is 6.04 Å². The van der Waals surface area contributed by atoms with Gasteiger partial charge in [0.1, 0.15) is 0 Å². The second-order valence-electron chi connectivity index (χ2n) is 9.62. The Kier molecular flexibility index (Phi) is 5.31. The summed E-state index contributed by atoms with van der Waals surface area (Å²) in [5.74, 6) is 0. The molecule has 0 amide bonds. The molecule has 3 nitrogen and oxygen atoms in total. The predicted molar refractivity (Wildman–Crippen MR) is 96.4 cm³/mol. The highest BCUT2D eigenvalue weighted by molar-refractivity contribution is 4.95. The first-order valence-electron chi connectivity index (χ1n) is 9.27. The van der Waals surface area contributed by atoms with E-state index in [4.69, 9.17) is 0 Å². The van der Waals surface area contributed by atoms with Crippen molar-refractivity contribution in [3.63, 3.8) is 0 Å². The van der Waals surface area contributed by atoms with Crippen molar-refractivity contribution in [1.29, 1.82) is 0 Å². The van der Waals surface area contributed by atoms with E-state index in [2.05, 4.69) is 70.1 Å². The summed E-state index contributed by atoms with van der Waals surface area (Å²) in [5, 5.41) is 0. The van der Waals surface area contributed by atoms with Crippen molar-refractivity contribution in [2.75, 3.05) is 26.2 Å². The van der Waals surface area contributed by atoms with Gasteiger partial charge in [-0.25, -0.2) is 0 Å². The highest BCUT2D eigenvalue weighted by Crippen LogP contribution is 2.29. The highest BCUT2D eigenvalue weighted by atomic mass is 15.3. The molecule has 0 aliphatic carbocycles. The first-order chi connectivity index (χ1) is 10.00. The summed E-state index contributed by atoms with van der Waals surface area (Å²) >= 11 is 0. The molecule has 0 radical (unpaired) electrons. The van der Waals surface area contributed by atoms with Crippen LogP contribution >= 0.6 is 0 Å². The SMILES string of the molecule is C[C@@H]1CN(C2CCN(C(C)(C)C)CC2)C[C@H](C)N1C(C)(C)C. The van der Waals surface area contributed by atoms with Crippen LogP contribution in [0, 0.1) is 0 Å². The van der Waals surface area contributed by atoms with Crippen molar-refractivity contribution in [1.82, 2.24) is 14.7 Å². The number of rotatable bonds is 1. The summed E-state index contributed by atoms with van der Waals surface area (Å²) in [6.07, 6.45) is 2.68. The average molecular weight is 310 g/mol. The molecule has 0 unspecified atom stereocenters. The number of hydrogen-bond donors (Lipinski definition) is 0. The summed E-state index contributed by atoms with van der Waals surface area (Å²) in [5.41, 5.74) is 0.608. The predicted octanol–water partition coefficient (Wildman–Crippen LogP) is 3.44. The van der Waals surface area contributed by atoms with E-state index in [1.54, 1.807) is 0 Å². The lowest BCUT2D eigenvalue weighted by Crippen LogP contribution is -2.64. The number of nitrogens with zero attached hydrogens (tertiary/aromatic N) is 3. The van der Waals surface area contributed by atoms with Gasteiger partial charge in [-0.1, -0.05) is 0 Å². The third-order valence-corrected chi connectivity index (χ3v) is 5.65. The summed E-state index contributed by atoms with van der Waals surface area (Å²) < 4.78 is 0. The molecule has 2 heterocycles. The molecule has 0 saturated carbocycles. The third-order valence-electron chi connectivity index (χ3n) is 5.65. The van der Waals surface area contributed by atoms with Crippen molar-refractivity contribution in [3.05, 3.63) is 0 Å². The van der Waals surface area contributed by atoms with Crippen molar-refractivity contribution >= 4 is 0 Å². The summed E-state index contributed by atoms with van der Waals surface area (Å²) in [6, 6.07) is 2.11. The summed E-state index contributed by atoms with van der Waals surface area (Å²) in [6.45, 7) is 23.9. The van der Waals surface area contributed by atoms with E-state index in [-0.39, 0.29) is 5.54 Å². The Balaban J connectivity index is 1.94. The lowest BCUT2D eigenvalue weighted by Gasteiger charge is -2.53. The Hall–Kier alpha value is -0.120. The maximum Gasteiger partial charge on any atom is 0.0203 e. The molecule has 0 aromatic rings. The third kappa shape index (κ3) is 4.04. The molecule has 2 atom stereocenters. The standard InChI is InChI=1S/C19H39N3/c1-15-13-20(14-16(2)22(15)19(6,7)8)17-9-11-21(12-10-17)18(3,4)5/h15-17H,9-14H2,1-8H3/t15-,16+. The number of likely N-dealkylation sites (tertiary alicyclic amines) is 1. The van der Waals surface area contributed by atoms with Gasteiger partial charge in [0.05, 0.1) is 0 Å². The first kappa shape index (κ1) is 18.2. The van der Waals surface area contributed by atoms with Crippen LogP contribution in [0.3, 0.4) is 0 Å². The fourth-order valence-electron chi connectivity index (χ4n) is 4.89. The van der Waals surface area contributed by atoms with Gasteiger partial charge in [-0.3, -0.25) is 14.7 Å². The fourth-order valence-corrected chi connectivity index (χ4v) is 4.89. The van der Waals surface area contributed by atoms with Crippen LogP contribution in [0.5, 0.6) is 0 Å². The van der Waals surface area contributed by atoms with Gasteiger partial charge in [-0.2, -0.15) is 0 Å². The van der Waals surface area contributed by atoms with Gasteiger partial charge in [-0.05, 0) is 68.2 Å².